The summed E-state index contributed by atoms with van der Waals surface area (Å²) < 4.78 is 12.9. The van der Waals surface area contributed by atoms with Crippen LogP contribution in [0.15, 0.2) is 18.2 Å². The minimum Gasteiger partial charge on any atom is -0.315 e. The number of carbonyl (C=O) groups is 1. The molecule has 0 aliphatic heterocycles. The Bertz CT molecular complexity index is 372. The average Bonchev–Trinajstić information content (AvgIpc) is 2.21. The Morgan fingerprint density at radius 1 is 1.60 bits per heavy atom. The maximum Gasteiger partial charge on any atom is 0.227 e. The summed E-state index contributed by atoms with van der Waals surface area (Å²) in [5.74, 6) is -0.0823. The third-order valence-corrected chi connectivity index (χ3v) is 2.50. The molecule has 5 heteroatoms. The van der Waals surface area contributed by atoms with Crippen LogP contribution in [0.25, 0.3) is 0 Å². The maximum absolute atomic E-state index is 12.9. The summed E-state index contributed by atoms with van der Waals surface area (Å²) in [6.45, 7) is 0. The van der Waals surface area contributed by atoms with Crippen LogP contribution in [0.2, 0.25) is 5.02 Å². The van der Waals surface area contributed by atoms with Gasteiger partial charge in [0, 0.05) is 19.2 Å². The Kier molecular flexibility index (Phi) is 4.42. The van der Waals surface area contributed by atoms with Crippen LogP contribution in [0.3, 0.4) is 0 Å². The van der Waals surface area contributed by atoms with E-state index in [9.17, 15) is 9.18 Å². The van der Waals surface area contributed by atoms with Crippen molar-refractivity contribution in [3.8, 4) is 0 Å². The van der Waals surface area contributed by atoms with Gasteiger partial charge in [-0.3, -0.25) is 4.79 Å². The molecule has 0 aromatic heterocycles. The van der Waals surface area contributed by atoms with Crippen molar-refractivity contribution in [3.05, 3.63) is 29.0 Å². The molecule has 0 aliphatic carbocycles. The number of anilines is 1. The van der Waals surface area contributed by atoms with Gasteiger partial charge in [-0.1, -0.05) is 11.6 Å². The molecule has 0 saturated carbocycles. The molecule has 0 saturated heterocycles. The summed E-state index contributed by atoms with van der Waals surface area (Å²) in [4.78, 5) is 12.9. The average molecular weight is 248 g/mol. The van der Waals surface area contributed by atoms with E-state index in [1.54, 1.807) is 7.05 Å². The molecule has 0 unspecified atom stereocenters. The number of hydrogen-bond acceptors (Lipinski definition) is 2. The Morgan fingerprint density at radius 2 is 2.27 bits per heavy atom. The lowest BCUT2D eigenvalue weighted by Crippen LogP contribution is -2.26. The Balaban J connectivity index is 2.86. The first-order valence-corrected chi connectivity index (χ1v) is 5.39. The zero-order valence-corrected chi connectivity index (χ0v) is 9.86. The molecule has 0 bridgehead atoms. The molecule has 0 N–H and O–H groups in total. The summed E-state index contributed by atoms with van der Waals surface area (Å²) >= 11 is 9.58. The minimum atomic E-state index is -0.490. The second-order valence-electron chi connectivity index (χ2n) is 3.02. The Morgan fingerprint density at radius 3 is 2.80 bits per heavy atom. The van der Waals surface area contributed by atoms with Crippen LogP contribution in [0.5, 0.6) is 0 Å². The SMILES string of the molecule is CN(C(=O)CCS)c1ccc(F)c(Cl)c1. The molecule has 0 atom stereocenters. The zero-order chi connectivity index (χ0) is 11.4. The van der Waals surface area contributed by atoms with Crippen LogP contribution >= 0.6 is 24.2 Å². The number of hydrogen-bond donors (Lipinski definition) is 1. The summed E-state index contributed by atoms with van der Waals surface area (Å²) in [5.41, 5.74) is 0.577. The van der Waals surface area contributed by atoms with E-state index in [0.717, 1.165) is 0 Å². The van der Waals surface area contributed by atoms with Crippen molar-refractivity contribution < 1.29 is 9.18 Å². The summed E-state index contributed by atoms with van der Waals surface area (Å²) in [6, 6.07) is 4.17. The molecular formula is C10H11ClFNOS. The van der Waals surface area contributed by atoms with Crippen LogP contribution < -0.4 is 4.90 Å². The molecule has 82 valence electrons. The third kappa shape index (κ3) is 3.11. The molecule has 0 fully saturated rings. The van der Waals surface area contributed by atoms with Crippen LogP contribution in [0.1, 0.15) is 6.42 Å². The van der Waals surface area contributed by atoms with Gasteiger partial charge in [0.2, 0.25) is 5.91 Å². The lowest BCUT2D eigenvalue weighted by Gasteiger charge is -2.17. The fourth-order valence-electron chi connectivity index (χ4n) is 1.10. The van der Waals surface area contributed by atoms with E-state index in [-0.39, 0.29) is 10.9 Å². The predicted octanol–water partition coefficient (Wildman–Crippen LogP) is 2.76. The highest BCUT2D eigenvalue weighted by Gasteiger charge is 2.11. The molecule has 1 amide bonds. The summed E-state index contributed by atoms with van der Waals surface area (Å²) in [7, 11) is 1.62. The minimum absolute atomic E-state index is 0.0121. The maximum atomic E-state index is 12.9. The van der Waals surface area contributed by atoms with Crippen molar-refractivity contribution in [2.45, 2.75) is 6.42 Å². The lowest BCUT2D eigenvalue weighted by atomic mass is 10.2. The van der Waals surface area contributed by atoms with Crippen LogP contribution in [0.4, 0.5) is 10.1 Å². The van der Waals surface area contributed by atoms with Gasteiger partial charge in [-0.05, 0) is 24.0 Å². The topological polar surface area (TPSA) is 20.3 Å². The van der Waals surface area contributed by atoms with Crippen molar-refractivity contribution in [1.82, 2.24) is 0 Å². The Labute approximate surface area is 98.4 Å². The summed E-state index contributed by atoms with van der Waals surface area (Å²) in [5, 5.41) is 0.0121. The van der Waals surface area contributed by atoms with E-state index >= 15 is 0 Å². The smallest absolute Gasteiger partial charge is 0.227 e. The van der Waals surface area contributed by atoms with Crippen LogP contribution in [-0.2, 0) is 4.79 Å². The van der Waals surface area contributed by atoms with Gasteiger partial charge in [0.25, 0.3) is 0 Å². The molecule has 2 nitrogen and oxygen atoms in total. The second-order valence-corrected chi connectivity index (χ2v) is 3.88. The molecule has 0 radical (unpaired) electrons. The Hall–Kier alpha value is -0.740. The van der Waals surface area contributed by atoms with Gasteiger partial charge in [-0.2, -0.15) is 12.6 Å². The first-order valence-electron chi connectivity index (χ1n) is 4.38. The van der Waals surface area contributed by atoms with Crippen LogP contribution in [-0.4, -0.2) is 18.7 Å². The highest BCUT2D eigenvalue weighted by atomic mass is 35.5. The number of nitrogens with zero attached hydrogens (tertiary/aromatic N) is 1. The molecule has 0 aliphatic rings. The fraction of sp³-hybridized carbons (Fsp3) is 0.300. The van der Waals surface area contributed by atoms with Crippen molar-refractivity contribution in [2.75, 3.05) is 17.7 Å². The standard InChI is InChI=1S/C10H11ClFNOS/c1-13(10(14)4-5-15)7-2-3-9(12)8(11)6-7/h2-3,6,15H,4-5H2,1H3. The van der Waals surface area contributed by atoms with Gasteiger partial charge < -0.3 is 4.90 Å². The largest absolute Gasteiger partial charge is 0.315 e. The molecular weight excluding hydrogens is 237 g/mol. The highest BCUT2D eigenvalue weighted by Crippen LogP contribution is 2.22. The molecule has 0 spiro atoms. The summed E-state index contributed by atoms with van der Waals surface area (Å²) in [6.07, 6.45) is 0.342. The van der Waals surface area contributed by atoms with Crippen molar-refractivity contribution in [2.24, 2.45) is 0 Å². The van der Waals surface area contributed by atoms with Gasteiger partial charge in [0.15, 0.2) is 0 Å². The van der Waals surface area contributed by atoms with E-state index in [1.165, 1.54) is 23.1 Å². The third-order valence-electron chi connectivity index (χ3n) is 1.99. The van der Waals surface area contributed by atoms with E-state index < -0.39 is 5.82 Å². The fourth-order valence-corrected chi connectivity index (χ4v) is 1.47. The van der Waals surface area contributed by atoms with Crippen molar-refractivity contribution in [3.63, 3.8) is 0 Å². The first-order chi connectivity index (χ1) is 7.06. The quantitative estimate of drug-likeness (QED) is 0.815. The van der Waals surface area contributed by atoms with E-state index in [1.807, 2.05) is 0 Å². The van der Waals surface area contributed by atoms with Gasteiger partial charge in [0.1, 0.15) is 5.82 Å². The van der Waals surface area contributed by atoms with Crippen LogP contribution in [0, 0.1) is 5.82 Å². The zero-order valence-electron chi connectivity index (χ0n) is 8.20. The number of carbonyl (C=O) groups excluding carboxylic acids is 1. The van der Waals surface area contributed by atoms with E-state index in [4.69, 9.17) is 11.6 Å². The van der Waals surface area contributed by atoms with Gasteiger partial charge in [0.05, 0.1) is 5.02 Å². The number of benzene rings is 1. The van der Waals surface area contributed by atoms with Gasteiger partial charge in [-0.25, -0.2) is 4.39 Å². The lowest BCUT2D eigenvalue weighted by molar-refractivity contribution is -0.117. The predicted molar refractivity (Wildman–Crippen MR) is 63.3 cm³/mol. The second kappa shape index (κ2) is 5.37. The highest BCUT2D eigenvalue weighted by molar-refractivity contribution is 7.80. The monoisotopic (exact) mass is 247 g/mol. The molecule has 0 heterocycles. The number of halogens is 2. The molecule has 1 aromatic carbocycles. The number of rotatable bonds is 3. The number of amides is 1. The number of thiol groups is 1. The van der Waals surface area contributed by atoms with Crippen molar-refractivity contribution in [1.29, 1.82) is 0 Å². The van der Waals surface area contributed by atoms with E-state index in [0.29, 0.717) is 17.9 Å². The normalized spacial score (nSPS) is 10.1. The van der Waals surface area contributed by atoms with Gasteiger partial charge in [-0.15, -0.1) is 0 Å². The van der Waals surface area contributed by atoms with Gasteiger partial charge >= 0.3 is 0 Å². The molecule has 1 aromatic rings. The first kappa shape index (κ1) is 12.3. The van der Waals surface area contributed by atoms with Crippen molar-refractivity contribution >= 4 is 35.8 Å². The van der Waals surface area contributed by atoms with E-state index in [2.05, 4.69) is 12.6 Å². The molecule has 15 heavy (non-hydrogen) atoms. The molecule has 1 rings (SSSR count).